The Kier molecular flexibility index (Phi) is 5.40. The molecule has 19 heavy (non-hydrogen) atoms. The molecule has 1 aliphatic rings. The van der Waals surface area contributed by atoms with Gasteiger partial charge < -0.3 is 10.1 Å². The molecule has 1 N–H and O–H groups in total. The summed E-state index contributed by atoms with van der Waals surface area (Å²) >= 11 is 0. The van der Waals surface area contributed by atoms with E-state index in [0.29, 0.717) is 12.0 Å². The number of aryl methyl sites for hydroxylation is 2. The van der Waals surface area contributed by atoms with Crippen LogP contribution in [0.25, 0.3) is 0 Å². The van der Waals surface area contributed by atoms with Gasteiger partial charge in [0.05, 0.1) is 12.3 Å². The van der Waals surface area contributed by atoms with Crippen molar-refractivity contribution in [3.63, 3.8) is 0 Å². The summed E-state index contributed by atoms with van der Waals surface area (Å²) in [6, 6.07) is 2.76. The van der Waals surface area contributed by atoms with E-state index >= 15 is 0 Å². The summed E-state index contributed by atoms with van der Waals surface area (Å²) in [5, 5.41) is 8.24. The van der Waals surface area contributed by atoms with Crippen LogP contribution in [-0.2, 0) is 24.6 Å². The lowest BCUT2D eigenvalue weighted by molar-refractivity contribution is 0.176. The SMILES string of the molecule is CCCNC(Cc1cc(CC)nn1C)C1CCOC1. The second-order valence-electron chi connectivity index (χ2n) is 5.49. The zero-order chi connectivity index (χ0) is 13.7. The molecule has 2 unspecified atom stereocenters. The van der Waals surface area contributed by atoms with Crippen LogP contribution in [-0.4, -0.2) is 35.6 Å². The molecule has 0 bridgehead atoms. The molecule has 4 nitrogen and oxygen atoms in total. The Labute approximate surface area is 116 Å². The Morgan fingerprint density at radius 1 is 1.53 bits per heavy atom. The van der Waals surface area contributed by atoms with Gasteiger partial charge in [-0.25, -0.2) is 0 Å². The van der Waals surface area contributed by atoms with Gasteiger partial charge >= 0.3 is 0 Å². The fourth-order valence-electron chi connectivity index (χ4n) is 2.77. The van der Waals surface area contributed by atoms with Gasteiger partial charge in [0, 0.05) is 37.7 Å². The van der Waals surface area contributed by atoms with E-state index in [1.165, 1.54) is 24.2 Å². The van der Waals surface area contributed by atoms with Crippen molar-refractivity contribution in [3.8, 4) is 0 Å². The molecule has 1 aromatic heterocycles. The predicted molar refractivity (Wildman–Crippen MR) is 77.3 cm³/mol. The van der Waals surface area contributed by atoms with E-state index in [2.05, 4.69) is 37.4 Å². The molecule has 0 aliphatic carbocycles. The van der Waals surface area contributed by atoms with Gasteiger partial charge in [0.25, 0.3) is 0 Å². The molecule has 0 spiro atoms. The van der Waals surface area contributed by atoms with Gasteiger partial charge in [-0.3, -0.25) is 4.68 Å². The minimum atomic E-state index is 0.516. The average Bonchev–Trinajstić information content (AvgIpc) is 3.04. The van der Waals surface area contributed by atoms with Gasteiger partial charge in [-0.05, 0) is 31.9 Å². The Bertz CT molecular complexity index is 383. The van der Waals surface area contributed by atoms with Crippen molar-refractivity contribution >= 4 is 0 Å². The zero-order valence-corrected chi connectivity index (χ0v) is 12.5. The van der Waals surface area contributed by atoms with Crippen molar-refractivity contribution in [1.29, 1.82) is 0 Å². The second-order valence-corrected chi connectivity index (χ2v) is 5.49. The highest BCUT2D eigenvalue weighted by molar-refractivity contribution is 5.12. The summed E-state index contributed by atoms with van der Waals surface area (Å²) in [5.41, 5.74) is 2.52. The predicted octanol–water partition coefficient (Wildman–Crippen LogP) is 1.93. The van der Waals surface area contributed by atoms with Gasteiger partial charge in [-0.15, -0.1) is 0 Å². The first-order valence-corrected chi connectivity index (χ1v) is 7.57. The van der Waals surface area contributed by atoms with Crippen molar-refractivity contribution < 1.29 is 4.74 Å². The summed E-state index contributed by atoms with van der Waals surface area (Å²) in [6.07, 6.45) is 4.42. The molecule has 0 amide bonds. The van der Waals surface area contributed by atoms with Gasteiger partial charge in [-0.2, -0.15) is 5.10 Å². The lowest BCUT2D eigenvalue weighted by atomic mass is 9.94. The normalized spacial score (nSPS) is 20.9. The maximum atomic E-state index is 5.55. The van der Waals surface area contributed by atoms with Crippen molar-refractivity contribution in [2.24, 2.45) is 13.0 Å². The van der Waals surface area contributed by atoms with Crippen LogP contribution in [0.1, 0.15) is 38.1 Å². The molecular weight excluding hydrogens is 238 g/mol. The number of nitrogens with zero attached hydrogens (tertiary/aromatic N) is 2. The third kappa shape index (κ3) is 3.80. The van der Waals surface area contributed by atoms with Crippen LogP contribution in [0.3, 0.4) is 0 Å². The fourth-order valence-corrected chi connectivity index (χ4v) is 2.77. The highest BCUT2D eigenvalue weighted by atomic mass is 16.5. The lowest BCUT2D eigenvalue weighted by Crippen LogP contribution is -2.39. The van der Waals surface area contributed by atoms with Crippen LogP contribution in [0.5, 0.6) is 0 Å². The van der Waals surface area contributed by atoms with Crippen molar-refractivity contribution in [2.75, 3.05) is 19.8 Å². The number of hydrogen-bond donors (Lipinski definition) is 1. The van der Waals surface area contributed by atoms with E-state index < -0.39 is 0 Å². The number of aromatic nitrogens is 2. The summed E-state index contributed by atoms with van der Waals surface area (Å²) in [6.45, 7) is 7.28. The Morgan fingerprint density at radius 3 is 2.95 bits per heavy atom. The van der Waals surface area contributed by atoms with Crippen LogP contribution >= 0.6 is 0 Å². The number of ether oxygens (including phenoxy) is 1. The molecule has 2 atom stereocenters. The highest BCUT2D eigenvalue weighted by Gasteiger charge is 2.26. The van der Waals surface area contributed by atoms with E-state index in [1.807, 2.05) is 4.68 Å². The van der Waals surface area contributed by atoms with E-state index in [4.69, 9.17) is 4.74 Å². The number of rotatable bonds is 7. The molecule has 108 valence electrons. The first-order chi connectivity index (χ1) is 9.24. The van der Waals surface area contributed by atoms with Crippen LogP contribution in [0.4, 0.5) is 0 Å². The lowest BCUT2D eigenvalue weighted by Gasteiger charge is -2.23. The molecule has 1 fully saturated rings. The zero-order valence-electron chi connectivity index (χ0n) is 12.5. The Hall–Kier alpha value is -0.870. The standard InChI is InChI=1S/C15H27N3O/c1-4-7-16-15(12-6-8-19-11-12)10-14-9-13(5-2)17-18(14)3/h9,12,15-16H,4-8,10-11H2,1-3H3. The molecule has 0 aromatic carbocycles. The summed E-state index contributed by atoms with van der Waals surface area (Å²) in [7, 11) is 2.05. The van der Waals surface area contributed by atoms with E-state index in [0.717, 1.165) is 32.6 Å². The quantitative estimate of drug-likeness (QED) is 0.819. The van der Waals surface area contributed by atoms with E-state index in [1.54, 1.807) is 0 Å². The first-order valence-electron chi connectivity index (χ1n) is 7.57. The topological polar surface area (TPSA) is 39.1 Å². The largest absolute Gasteiger partial charge is 0.381 e. The van der Waals surface area contributed by atoms with Crippen molar-refractivity contribution in [3.05, 3.63) is 17.5 Å². The molecule has 1 aliphatic heterocycles. The first kappa shape index (κ1) is 14.5. The molecule has 1 saturated heterocycles. The number of nitrogens with one attached hydrogen (secondary N) is 1. The molecule has 1 aromatic rings. The minimum absolute atomic E-state index is 0.516. The van der Waals surface area contributed by atoms with Crippen LogP contribution in [0, 0.1) is 5.92 Å². The molecule has 2 heterocycles. The molecule has 4 heteroatoms. The van der Waals surface area contributed by atoms with Crippen LogP contribution in [0.15, 0.2) is 6.07 Å². The molecule has 2 rings (SSSR count). The van der Waals surface area contributed by atoms with Gasteiger partial charge in [-0.1, -0.05) is 13.8 Å². The van der Waals surface area contributed by atoms with Crippen LogP contribution in [0.2, 0.25) is 0 Å². The summed E-state index contributed by atoms with van der Waals surface area (Å²) in [5.74, 6) is 0.645. The second kappa shape index (κ2) is 7.06. The minimum Gasteiger partial charge on any atom is -0.381 e. The van der Waals surface area contributed by atoms with Gasteiger partial charge in [0.1, 0.15) is 0 Å². The molecular formula is C15H27N3O. The van der Waals surface area contributed by atoms with Crippen molar-refractivity contribution in [2.45, 2.75) is 45.6 Å². The van der Waals surface area contributed by atoms with Gasteiger partial charge in [0.15, 0.2) is 0 Å². The molecule has 0 saturated carbocycles. The van der Waals surface area contributed by atoms with Crippen molar-refractivity contribution in [1.82, 2.24) is 15.1 Å². The summed E-state index contributed by atoms with van der Waals surface area (Å²) in [4.78, 5) is 0. The molecule has 0 radical (unpaired) electrons. The fraction of sp³-hybridized carbons (Fsp3) is 0.800. The maximum Gasteiger partial charge on any atom is 0.0624 e. The highest BCUT2D eigenvalue weighted by Crippen LogP contribution is 2.20. The summed E-state index contributed by atoms with van der Waals surface area (Å²) < 4.78 is 7.59. The van der Waals surface area contributed by atoms with Gasteiger partial charge in [0.2, 0.25) is 0 Å². The van der Waals surface area contributed by atoms with Crippen LogP contribution < -0.4 is 5.32 Å². The third-order valence-corrected chi connectivity index (χ3v) is 4.01. The average molecular weight is 265 g/mol. The third-order valence-electron chi connectivity index (χ3n) is 4.01. The smallest absolute Gasteiger partial charge is 0.0624 e. The van der Waals surface area contributed by atoms with E-state index in [9.17, 15) is 0 Å². The Morgan fingerprint density at radius 2 is 2.37 bits per heavy atom. The maximum absolute atomic E-state index is 5.55. The monoisotopic (exact) mass is 265 g/mol. The number of hydrogen-bond acceptors (Lipinski definition) is 3. The van der Waals surface area contributed by atoms with E-state index in [-0.39, 0.29) is 0 Å². The Balaban J connectivity index is 2.02.